The van der Waals surface area contributed by atoms with E-state index in [-0.39, 0.29) is 30.8 Å². The van der Waals surface area contributed by atoms with Crippen molar-refractivity contribution in [1.29, 1.82) is 0 Å². The molecule has 0 bridgehead atoms. The fraction of sp³-hybridized carbons (Fsp3) is 0.542. The summed E-state index contributed by atoms with van der Waals surface area (Å²) in [5, 5.41) is 18.6. The molecule has 13 heteroatoms. The lowest BCUT2D eigenvalue weighted by Gasteiger charge is -2.26. The normalized spacial score (nSPS) is 17.3. The fourth-order valence-corrected chi connectivity index (χ4v) is 3.55. The Bertz CT molecular complexity index is 1000. The molecule has 1 saturated heterocycles. The largest absolute Gasteiger partial charge is 0.477 e. The number of carboxylic acid groups (broad SMARTS) is 1. The number of Topliss-reactive ketones (excluding diaryl/α,β-unsaturated/α-hetero) is 1. The van der Waals surface area contributed by atoms with E-state index >= 15 is 0 Å². The zero-order valence-electron chi connectivity index (χ0n) is 21.7. The summed E-state index contributed by atoms with van der Waals surface area (Å²) in [6, 6.07) is -2.62. The Morgan fingerprint density at radius 3 is 2.14 bits per heavy atom. The molecular formula is C24H35N5O8. The number of carbonyl (C=O) groups is 7. The minimum absolute atomic E-state index is 0.0369. The number of hydrogen-bond donors (Lipinski definition) is 5. The number of nitrogens with one attached hydrogen (secondary N) is 4. The predicted octanol–water partition coefficient (Wildman–Crippen LogP) is -0.519. The molecule has 37 heavy (non-hydrogen) atoms. The number of likely N-dealkylation sites (tertiary alicyclic amines) is 1. The number of ketones is 1. The third kappa shape index (κ3) is 9.17. The van der Waals surface area contributed by atoms with Crippen LogP contribution in [0.3, 0.4) is 0 Å². The minimum atomic E-state index is -1.32. The SMILES string of the molecule is C/C=C(\NC(=O)C[C@H](C)NC(=O)C(=O)CC)C(=O)N1CCC[C@H]1C(=O)N[C@@H](C)C(=O)N/C(=C/C)C(=O)O. The number of nitrogens with zero attached hydrogens (tertiary/aromatic N) is 1. The van der Waals surface area contributed by atoms with Gasteiger partial charge in [-0.2, -0.15) is 0 Å². The molecular weight excluding hydrogens is 486 g/mol. The summed E-state index contributed by atoms with van der Waals surface area (Å²) >= 11 is 0. The van der Waals surface area contributed by atoms with Gasteiger partial charge in [-0.25, -0.2) is 4.79 Å². The number of rotatable bonds is 12. The number of allylic oxidation sites excluding steroid dienone is 2. The molecule has 0 aromatic heterocycles. The van der Waals surface area contributed by atoms with E-state index in [0.29, 0.717) is 12.8 Å². The molecule has 1 fully saturated rings. The van der Waals surface area contributed by atoms with Gasteiger partial charge in [0.05, 0.1) is 0 Å². The number of carbonyl (C=O) groups excluding carboxylic acids is 6. The molecule has 3 atom stereocenters. The second kappa shape index (κ2) is 14.5. The Morgan fingerprint density at radius 1 is 0.973 bits per heavy atom. The summed E-state index contributed by atoms with van der Waals surface area (Å²) in [4.78, 5) is 86.1. The molecule has 0 radical (unpaired) electrons. The predicted molar refractivity (Wildman–Crippen MR) is 131 cm³/mol. The molecule has 1 heterocycles. The highest BCUT2D eigenvalue weighted by Gasteiger charge is 2.36. The first-order valence-corrected chi connectivity index (χ1v) is 12.0. The van der Waals surface area contributed by atoms with Crippen molar-refractivity contribution in [2.75, 3.05) is 6.54 Å². The maximum atomic E-state index is 13.1. The number of aliphatic carboxylic acids is 1. The molecule has 204 valence electrons. The van der Waals surface area contributed by atoms with Gasteiger partial charge in [-0.1, -0.05) is 19.1 Å². The van der Waals surface area contributed by atoms with Crippen LogP contribution in [-0.4, -0.2) is 76.0 Å². The van der Waals surface area contributed by atoms with Crippen LogP contribution >= 0.6 is 0 Å². The highest BCUT2D eigenvalue weighted by molar-refractivity contribution is 6.36. The molecule has 1 aliphatic heterocycles. The maximum absolute atomic E-state index is 13.1. The van der Waals surface area contributed by atoms with Crippen LogP contribution in [0.4, 0.5) is 0 Å². The van der Waals surface area contributed by atoms with Crippen LogP contribution < -0.4 is 21.3 Å². The molecule has 5 amide bonds. The van der Waals surface area contributed by atoms with Gasteiger partial charge < -0.3 is 31.3 Å². The number of hydrogen-bond acceptors (Lipinski definition) is 7. The van der Waals surface area contributed by atoms with Gasteiger partial charge in [0.1, 0.15) is 23.5 Å². The smallest absolute Gasteiger partial charge is 0.352 e. The van der Waals surface area contributed by atoms with Gasteiger partial charge in [0.15, 0.2) is 0 Å². The van der Waals surface area contributed by atoms with E-state index in [1.165, 1.54) is 37.8 Å². The summed E-state index contributed by atoms with van der Waals surface area (Å²) in [7, 11) is 0. The van der Waals surface area contributed by atoms with Crippen molar-refractivity contribution in [3.8, 4) is 0 Å². The van der Waals surface area contributed by atoms with E-state index in [4.69, 9.17) is 5.11 Å². The number of carboxylic acids is 1. The van der Waals surface area contributed by atoms with Crippen LogP contribution in [0, 0.1) is 0 Å². The standard InChI is InChI=1S/C24H35N5O8/c1-6-15(27-19(31)12-13(4)25-22(34)18(30)8-3)23(35)29-11-9-10-17(29)21(33)26-14(5)20(32)28-16(7-2)24(36)37/h6-7,13-14,17H,8-12H2,1-5H3,(H,25,34)(H,26,33)(H,27,31)(H,28,32)(H,36,37)/b15-6-,16-7+/t13-,14-,17-/m0/s1. The third-order valence-electron chi connectivity index (χ3n) is 5.58. The summed E-state index contributed by atoms with van der Waals surface area (Å²) in [6.45, 7) is 7.70. The zero-order valence-corrected chi connectivity index (χ0v) is 21.7. The van der Waals surface area contributed by atoms with Crippen LogP contribution in [0.1, 0.15) is 60.3 Å². The molecule has 0 saturated carbocycles. The second-order valence-corrected chi connectivity index (χ2v) is 8.49. The molecule has 0 aromatic rings. The van der Waals surface area contributed by atoms with E-state index in [2.05, 4.69) is 21.3 Å². The Morgan fingerprint density at radius 2 is 1.59 bits per heavy atom. The van der Waals surface area contributed by atoms with Crippen LogP contribution in [0.25, 0.3) is 0 Å². The van der Waals surface area contributed by atoms with Crippen molar-refractivity contribution in [3.05, 3.63) is 23.5 Å². The van der Waals surface area contributed by atoms with Crippen molar-refractivity contribution < 1.29 is 38.7 Å². The van der Waals surface area contributed by atoms with Crippen LogP contribution in [-0.2, 0) is 33.6 Å². The van der Waals surface area contributed by atoms with E-state index in [1.54, 1.807) is 13.8 Å². The maximum Gasteiger partial charge on any atom is 0.352 e. The molecule has 5 N–H and O–H groups in total. The molecule has 13 nitrogen and oxygen atoms in total. The Labute approximate surface area is 215 Å². The first-order chi connectivity index (χ1) is 17.4. The van der Waals surface area contributed by atoms with Crippen molar-refractivity contribution in [3.63, 3.8) is 0 Å². The van der Waals surface area contributed by atoms with Gasteiger partial charge in [-0.3, -0.25) is 28.8 Å². The molecule has 0 unspecified atom stereocenters. The lowest BCUT2D eigenvalue weighted by atomic mass is 10.1. The lowest BCUT2D eigenvalue weighted by Crippen LogP contribution is -2.53. The van der Waals surface area contributed by atoms with Crippen molar-refractivity contribution >= 4 is 41.3 Å². The fourth-order valence-electron chi connectivity index (χ4n) is 3.55. The monoisotopic (exact) mass is 521 g/mol. The van der Waals surface area contributed by atoms with E-state index in [0.717, 1.165) is 0 Å². The molecule has 0 spiro atoms. The van der Waals surface area contributed by atoms with E-state index in [9.17, 15) is 33.6 Å². The van der Waals surface area contributed by atoms with Gasteiger partial charge >= 0.3 is 5.97 Å². The first-order valence-electron chi connectivity index (χ1n) is 12.0. The third-order valence-corrected chi connectivity index (χ3v) is 5.58. The Kier molecular flexibility index (Phi) is 12.2. The summed E-state index contributed by atoms with van der Waals surface area (Å²) in [6.07, 6.45) is 3.30. The summed E-state index contributed by atoms with van der Waals surface area (Å²) < 4.78 is 0. The summed E-state index contributed by atoms with van der Waals surface area (Å²) in [5.41, 5.74) is -0.388. The lowest BCUT2D eigenvalue weighted by molar-refractivity contribution is -0.138. The van der Waals surface area contributed by atoms with E-state index in [1.807, 2.05) is 0 Å². The van der Waals surface area contributed by atoms with Gasteiger partial charge in [0.2, 0.25) is 23.5 Å². The van der Waals surface area contributed by atoms with Gasteiger partial charge in [0, 0.05) is 25.4 Å². The second-order valence-electron chi connectivity index (χ2n) is 8.49. The number of amides is 5. The van der Waals surface area contributed by atoms with Crippen LogP contribution in [0.5, 0.6) is 0 Å². The van der Waals surface area contributed by atoms with Crippen LogP contribution in [0.15, 0.2) is 23.5 Å². The Hall–Kier alpha value is -4.03. The zero-order chi connectivity index (χ0) is 28.3. The van der Waals surface area contributed by atoms with Gasteiger partial charge in [0.25, 0.3) is 11.8 Å². The van der Waals surface area contributed by atoms with Crippen LogP contribution in [0.2, 0.25) is 0 Å². The average molecular weight is 522 g/mol. The quantitative estimate of drug-likeness (QED) is 0.167. The molecule has 0 aliphatic carbocycles. The first kappa shape index (κ1) is 31.0. The highest BCUT2D eigenvalue weighted by Crippen LogP contribution is 2.20. The van der Waals surface area contributed by atoms with Gasteiger partial charge in [-0.05, 0) is 40.5 Å². The molecule has 1 rings (SSSR count). The molecule has 0 aromatic carbocycles. The summed E-state index contributed by atoms with van der Waals surface area (Å²) in [5.74, 6) is -5.20. The molecule has 1 aliphatic rings. The van der Waals surface area contributed by atoms with Crippen molar-refractivity contribution in [2.24, 2.45) is 0 Å². The topological polar surface area (TPSA) is 191 Å². The van der Waals surface area contributed by atoms with E-state index < -0.39 is 59.4 Å². The highest BCUT2D eigenvalue weighted by atomic mass is 16.4. The van der Waals surface area contributed by atoms with Gasteiger partial charge in [-0.15, -0.1) is 0 Å². The average Bonchev–Trinajstić information content (AvgIpc) is 3.34. The Balaban J connectivity index is 2.77. The van der Waals surface area contributed by atoms with Crippen molar-refractivity contribution in [1.82, 2.24) is 26.2 Å². The minimum Gasteiger partial charge on any atom is -0.477 e. The van der Waals surface area contributed by atoms with Crippen molar-refractivity contribution in [2.45, 2.75) is 78.4 Å².